The summed E-state index contributed by atoms with van der Waals surface area (Å²) in [5, 5.41) is 0. The van der Waals surface area contributed by atoms with Gasteiger partial charge < -0.3 is 4.52 Å². The minimum Gasteiger partial charge on any atom is -0.485 e. The molecule has 5 aliphatic carbocycles. The molecule has 0 aromatic carbocycles. The van der Waals surface area contributed by atoms with Crippen LogP contribution in [0.4, 0.5) is 0 Å². The summed E-state index contributed by atoms with van der Waals surface area (Å²) in [5.41, 5.74) is 4.82. The van der Waals surface area contributed by atoms with Crippen LogP contribution in [0.3, 0.4) is 0 Å². The van der Waals surface area contributed by atoms with Crippen LogP contribution in [0.5, 0.6) is 0 Å². The Morgan fingerprint density at radius 3 is 2.29 bits per heavy atom. The van der Waals surface area contributed by atoms with Gasteiger partial charge in [0.15, 0.2) is 0 Å². The Morgan fingerprint density at radius 2 is 1.66 bits per heavy atom. The van der Waals surface area contributed by atoms with E-state index in [9.17, 15) is 0 Å². The van der Waals surface area contributed by atoms with Gasteiger partial charge in [0.05, 0.1) is 15.2 Å². The topological polar surface area (TPSA) is 9.23 Å². The van der Waals surface area contributed by atoms with E-state index in [0.29, 0.717) is 33.5 Å². The zero-order valence-electron chi connectivity index (χ0n) is 23.9. The molecule has 0 radical (unpaired) electrons. The molecule has 5 rings (SSSR count). The largest absolute Gasteiger partial charge is 0.485 e. The van der Waals surface area contributed by atoms with Crippen LogP contribution in [0.25, 0.3) is 0 Å². The SMILES string of the molecule is C=C(C)[C@@H]1CC[C@]2(C(=C)OP)CC[C@]3(C)[C@H](CC[C@@H]4[C@@]5(C)CC=C(CC)C(C)(C)[C@@H]5CC[C@]43C)[C@@H]12. The van der Waals surface area contributed by atoms with Gasteiger partial charge in [0.25, 0.3) is 0 Å². The predicted molar refractivity (Wildman–Crippen MR) is 153 cm³/mol. The van der Waals surface area contributed by atoms with E-state index in [1.54, 1.807) is 5.57 Å². The van der Waals surface area contributed by atoms with Crippen LogP contribution in [0, 0.1) is 56.7 Å². The van der Waals surface area contributed by atoms with Crippen molar-refractivity contribution >= 4 is 9.47 Å². The summed E-state index contributed by atoms with van der Waals surface area (Å²) < 4.78 is 5.88. The standard InChI is InChI=1S/C33H53OP/c1-10-23-13-16-30(7)26(29(23,5)6)15-17-32(9)27(30)12-11-25-28-24(21(2)3)14-18-33(28,22(4)34-35)20-19-31(25,32)8/h13,24-28H,2,4,10-12,14-20,35H2,1,3,5-9H3/t24-,25+,26-,27+,28+,30-,31+,32+,33+/m0/s1. The van der Waals surface area contributed by atoms with E-state index in [1.807, 2.05) is 0 Å². The molecule has 0 aromatic heterocycles. The zero-order valence-corrected chi connectivity index (χ0v) is 25.1. The molecule has 5 aliphatic rings. The van der Waals surface area contributed by atoms with Gasteiger partial charge in [-0.3, -0.25) is 0 Å². The minimum atomic E-state index is 0.144. The third kappa shape index (κ3) is 3.15. The van der Waals surface area contributed by atoms with Gasteiger partial charge in [-0.05, 0) is 122 Å². The van der Waals surface area contributed by atoms with Crippen molar-refractivity contribution in [2.24, 2.45) is 56.7 Å². The van der Waals surface area contributed by atoms with Crippen molar-refractivity contribution in [2.45, 2.75) is 113 Å². The fourth-order valence-electron chi connectivity index (χ4n) is 12.0. The smallest absolute Gasteiger partial charge is 0.0984 e. The average molecular weight is 497 g/mol. The highest BCUT2D eigenvalue weighted by Crippen LogP contribution is 2.78. The van der Waals surface area contributed by atoms with E-state index in [2.05, 4.69) is 77.2 Å². The Balaban J connectivity index is 1.57. The Kier molecular flexibility index (Phi) is 6.13. The third-order valence-corrected chi connectivity index (χ3v) is 14.2. The number of allylic oxidation sites excluding steroid dienone is 4. The fourth-order valence-corrected chi connectivity index (χ4v) is 12.2. The molecule has 4 saturated carbocycles. The van der Waals surface area contributed by atoms with E-state index in [4.69, 9.17) is 4.52 Å². The number of fused-ring (bicyclic) bond motifs is 7. The van der Waals surface area contributed by atoms with Crippen molar-refractivity contribution in [1.82, 2.24) is 0 Å². The highest BCUT2D eigenvalue weighted by molar-refractivity contribution is 7.10. The van der Waals surface area contributed by atoms with Crippen LogP contribution in [0.15, 0.2) is 36.1 Å². The second kappa shape index (κ2) is 8.22. The average Bonchev–Trinajstić information content (AvgIpc) is 3.20. The van der Waals surface area contributed by atoms with Gasteiger partial charge in [-0.1, -0.05) is 71.9 Å². The molecule has 1 unspecified atom stereocenters. The Morgan fingerprint density at radius 1 is 0.943 bits per heavy atom. The lowest BCUT2D eigenvalue weighted by atomic mass is 9.32. The van der Waals surface area contributed by atoms with Crippen molar-refractivity contribution in [1.29, 1.82) is 0 Å². The molecule has 0 amide bonds. The quantitative estimate of drug-likeness (QED) is 0.214. The van der Waals surface area contributed by atoms with Crippen LogP contribution in [0.1, 0.15) is 113 Å². The van der Waals surface area contributed by atoms with Crippen LogP contribution in [-0.4, -0.2) is 0 Å². The summed E-state index contributed by atoms with van der Waals surface area (Å²) in [7, 11) is 2.52. The first-order valence-corrected chi connectivity index (χ1v) is 15.2. The molecule has 2 heteroatoms. The zero-order chi connectivity index (χ0) is 25.6. The van der Waals surface area contributed by atoms with Gasteiger partial charge in [-0.15, -0.1) is 0 Å². The molecule has 0 aromatic rings. The lowest BCUT2D eigenvalue weighted by Gasteiger charge is -2.72. The summed E-state index contributed by atoms with van der Waals surface area (Å²) in [5.74, 6) is 4.68. The van der Waals surface area contributed by atoms with E-state index in [1.165, 1.54) is 69.8 Å². The Bertz CT molecular complexity index is 945. The maximum atomic E-state index is 5.88. The maximum Gasteiger partial charge on any atom is 0.0984 e. The fraction of sp³-hybridized carbons (Fsp3) is 0.818. The van der Waals surface area contributed by atoms with Gasteiger partial charge in [0.2, 0.25) is 0 Å². The van der Waals surface area contributed by atoms with Crippen LogP contribution in [0.2, 0.25) is 0 Å². The number of hydrogen-bond acceptors (Lipinski definition) is 1. The Hall–Kier alpha value is -0.550. The predicted octanol–water partition coefficient (Wildman–Crippen LogP) is 9.91. The molecule has 196 valence electrons. The molecular weight excluding hydrogens is 443 g/mol. The van der Waals surface area contributed by atoms with E-state index >= 15 is 0 Å². The van der Waals surface area contributed by atoms with Crippen LogP contribution >= 0.6 is 9.47 Å². The van der Waals surface area contributed by atoms with Crippen molar-refractivity contribution < 1.29 is 4.52 Å². The molecule has 35 heavy (non-hydrogen) atoms. The summed E-state index contributed by atoms with van der Waals surface area (Å²) in [4.78, 5) is 0. The highest BCUT2D eigenvalue weighted by atomic mass is 31.0. The van der Waals surface area contributed by atoms with Crippen LogP contribution < -0.4 is 0 Å². The lowest BCUT2D eigenvalue weighted by molar-refractivity contribution is -0.225. The molecule has 0 spiro atoms. The first-order chi connectivity index (χ1) is 16.3. The molecule has 0 bridgehead atoms. The molecule has 1 nitrogen and oxygen atoms in total. The number of hydrogen-bond donors (Lipinski definition) is 0. The van der Waals surface area contributed by atoms with E-state index in [-0.39, 0.29) is 5.41 Å². The molecule has 0 heterocycles. The Labute approximate surface area is 219 Å². The summed E-state index contributed by atoms with van der Waals surface area (Å²) >= 11 is 0. The van der Waals surface area contributed by atoms with Crippen molar-refractivity contribution in [2.75, 3.05) is 0 Å². The maximum absolute atomic E-state index is 5.88. The lowest BCUT2D eigenvalue weighted by Crippen LogP contribution is -2.65. The molecule has 0 aliphatic heterocycles. The minimum absolute atomic E-state index is 0.144. The van der Waals surface area contributed by atoms with Crippen molar-refractivity contribution in [3.63, 3.8) is 0 Å². The molecule has 4 fully saturated rings. The van der Waals surface area contributed by atoms with E-state index < -0.39 is 0 Å². The number of rotatable bonds is 4. The molecular formula is C33H53OP. The van der Waals surface area contributed by atoms with Crippen LogP contribution in [-0.2, 0) is 4.52 Å². The third-order valence-electron chi connectivity index (χ3n) is 13.9. The normalized spacial score (nSPS) is 50.2. The molecule has 0 saturated heterocycles. The van der Waals surface area contributed by atoms with Gasteiger partial charge >= 0.3 is 0 Å². The first kappa shape index (κ1) is 26.1. The second-order valence-corrected chi connectivity index (χ2v) is 15.1. The van der Waals surface area contributed by atoms with Gasteiger partial charge in [-0.25, -0.2) is 0 Å². The summed E-state index contributed by atoms with van der Waals surface area (Å²) in [6.45, 7) is 27.0. The van der Waals surface area contributed by atoms with Gasteiger partial charge in [0.1, 0.15) is 0 Å². The monoisotopic (exact) mass is 496 g/mol. The first-order valence-electron chi connectivity index (χ1n) is 14.7. The van der Waals surface area contributed by atoms with Gasteiger partial charge in [-0.2, -0.15) is 0 Å². The molecule has 10 atom stereocenters. The van der Waals surface area contributed by atoms with Gasteiger partial charge in [0, 0.05) is 5.41 Å². The van der Waals surface area contributed by atoms with Crippen molar-refractivity contribution in [3.8, 4) is 0 Å². The summed E-state index contributed by atoms with van der Waals surface area (Å²) in [6, 6.07) is 0. The second-order valence-electron chi connectivity index (χ2n) is 14.9. The van der Waals surface area contributed by atoms with E-state index in [0.717, 1.165) is 23.5 Å². The molecule has 0 N–H and O–H groups in total. The van der Waals surface area contributed by atoms with Crippen molar-refractivity contribution in [3.05, 3.63) is 36.1 Å². The summed E-state index contributed by atoms with van der Waals surface area (Å²) in [6.07, 6.45) is 15.8. The highest BCUT2D eigenvalue weighted by Gasteiger charge is 2.70.